The Morgan fingerprint density at radius 1 is 1.15 bits per heavy atom. The number of fused-ring (bicyclic) bond motifs is 1. The van der Waals surface area contributed by atoms with Crippen molar-refractivity contribution in [2.45, 2.75) is 26.3 Å². The van der Waals surface area contributed by atoms with Crippen molar-refractivity contribution >= 4 is 16.9 Å². The number of amides is 1. The molecule has 2 aromatic carbocycles. The molecule has 5 nitrogen and oxygen atoms in total. The zero-order chi connectivity index (χ0) is 18.5. The van der Waals surface area contributed by atoms with Gasteiger partial charge < -0.3 is 14.5 Å². The van der Waals surface area contributed by atoms with E-state index in [4.69, 9.17) is 9.15 Å². The topological polar surface area (TPSA) is 68.5 Å². The summed E-state index contributed by atoms with van der Waals surface area (Å²) in [5, 5.41) is 3.72. The molecule has 0 aliphatic rings. The molecular formula is C21H21NO4. The van der Waals surface area contributed by atoms with Crippen LogP contribution in [0.15, 0.2) is 57.7 Å². The number of hydrogen-bond donors (Lipinski definition) is 1. The van der Waals surface area contributed by atoms with Gasteiger partial charge in [-0.15, -0.1) is 0 Å². The summed E-state index contributed by atoms with van der Waals surface area (Å²) in [6, 6.07) is 15.1. The molecule has 3 aromatic rings. The molecule has 1 aromatic heterocycles. The minimum Gasteiger partial charge on any atom is -0.497 e. The number of carbonyl (C=O) groups excluding carboxylic acids is 1. The number of methoxy groups -OCH3 is 1. The Morgan fingerprint density at radius 3 is 2.65 bits per heavy atom. The monoisotopic (exact) mass is 351 g/mol. The molecule has 0 aliphatic carbocycles. The smallest absolute Gasteiger partial charge is 0.339 e. The lowest BCUT2D eigenvalue weighted by atomic mass is 10.0. The lowest BCUT2D eigenvalue weighted by Gasteiger charge is -2.09. The van der Waals surface area contributed by atoms with Gasteiger partial charge in [0, 0.05) is 30.0 Å². The van der Waals surface area contributed by atoms with E-state index >= 15 is 0 Å². The van der Waals surface area contributed by atoms with Gasteiger partial charge in [0.05, 0.1) is 7.11 Å². The average molecular weight is 351 g/mol. The maximum atomic E-state index is 12.3. The van der Waals surface area contributed by atoms with Crippen LogP contribution in [0, 0.1) is 6.92 Å². The van der Waals surface area contributed by atoms with Gasteiger partial charge in [-0.05, 0) is 36.6 Å². The van der Waals surface area contributed by atoms with E-state index in [9.17, 15) is 9.59 Å². The van der Waals surface area contributed by atoms with E-state index in [1.54, 1.807) is 13.2 Å². The van der Waals surface area contributed by atoms with E-state index in [1.165, 1.54) is 0 Å². The highest BCUT2D eigenvalue weighted by Crippen LogP contribution is 2.24. The van der Waals surface area contributed by atoms with Crippen LogP contribution in [-0.4, -0.2) is 13.0 Å². The Hall–Kier alpha value is -3.08. The summed E-state index contributed by atoms with van der Waals surface area (Å²) in [5.74, 6) is 0.538. The van der Waals surface area contributed by atoms with E-state index in [-0.39, 0.29) is 12.3 Å². The second-order valence-corrected chi connectivity index (χ2v) is 6.12. The summed E-state index contributed by atoms with van der Waals surface area (Å²) in [5.41, 5.74) is 2.51. The van der Waals surface area contributed by atoms with Crippen molar-refractivity contribution in [3.8, 4) is 5.75 Å². The fourth-order valence-corrected chi connectivity index (χ4v) is 2.91. The Labute approximate surface area is 151 Å². The third-order valence-electron chi connectivity index (χ3n) is 4.43. The maximum Gasteiger partial charge on any atom is 0.339 e. The lowest BCUT2D eigenvalue weighted by Crippen LogP contribution is -2.24. The molecule has 0 atom stereocenters. The van der Waals surface area contributed by atoms with E-state index < -0.39 is 5.63 Å². The molecule has 134 valence electrons. The molecule has 5 heteroatoms. The predicted octanol–water partition coefficient (Wildman–Crippen LogP) is 3.36. The van der Waals surface area contributed by atoms with Crippen LogP contribution in [0.1, 0.15) is 23.1 Å². The summed E-state index contributed by atoms with van der Waals surface area (Å²) in [7, 11) is 1.56. The number of rotatable bonds is 6. The van der Waals surface area contributed by atoms with Crippen molar-refractivity contribution in [3.05, 3.63) is 75.6 Å². The molecule has 26 heavy (non-hydrogen) atoms. The average Bonchev–Trinajstić information content (AvgIpc) is 2.66. The van der Waals surface area contributed by atoms with Crippen LogP contribution in [0.3, 0.4) is 0 Å². The van der Waals surface area contributed by atoms with E-state index in [0.29, 0.717) is 29.9 Å². The number of benzene rings is 2. The van der Waals surface area contributed by atoms with Gasteiger partial charge in [-0.1, -0.05) is 30.3 Å². The zero-order valence-electron chi connectivity index (χ0n) is 14.9. The van der Waals surface area contributed by atoms with Gasteiger partial charge in [0.2, 0.25) is 5.91 Å². The number of carbonyl (C=O) groups is 1. The van der Waals surface area contributed by atoms with Crippen LogP contribution in [0.5, 0.6) is 5.75 Å². The number of aryl methyl sites for hydroxylation is 1. The third-order valence-corrected chi connectivity index (χ3v) is 4.43. The highest BCUT2D eigenvalue weighted by molar-refractivity contribution is 5.82. The fraction of sp³-hybridized carbons (Fsp3) is 0.238. The summed E-state index contributed by atoms with van der Waals surface area (Å²) >= 11 is 0. The summed E-state index contributed by atoms with van der Waals surface area (Å²) in [4.78, 5) is 24.4. The number of ether oxygens (including phenoxy) is 1. The molecule has 1 N–H and O–H groups in total. The van der Waals surface area contributed by atoms with E-state index in [2.05, 4.69) is 5.32 Å². The second-order valence-electron chi connectivity index (χ2n) is 6.12. The molecule has 0 aliphatic heterocycles. The summed E-state index contributed by atoms with van der Waals surface area (Å²) in [6.07, 6.45) is 0.580. The fourth-order valence-electron chi connectivity index (χ4n) is 2.91. The van der Waals surface area contributed by atoms with Crippen LogP contribution < -0.4 is 15.7 Å². The highest BCUT2D eigenvalue weighted by atomic mass is 16.5. The number of nitrogens with one attached hydrogen (secondary N) is 1. The molecule has 0 spiro atoms. The van der Waals surface area contributed by atoms with Crippen LogP contribution in [0.25, 0.3) is 11.0 Å². The van der Waals surface area contributed by atoms with Crippen molar-refractivity contribution in [2.75, 3.05) is 7.11 Å². The first-order valence-corrected chi connectivity index (χ1v) is 8.49. The predicted molar refractivity (Wildman–Crippen MR) is 100 cm³/mol. The van der Waals surface area contributed by atoms with Gasteiger partial charge in [-0.2, -0.15) is 0 Å². The van der Waals surface area contributed by atoms with Gasteiger partial charge in [0.15, 0.2) is 0 Å². The Morgan fingerprint density at radius 2 is 1.92 bits per heavy atom. The maximum absolute atomic E-state index is 12.3. The quantitative estimate of drug-likeness (QED) is 0.692. The molecule has 0 bridgehead atoms. The van der Waals surface area contributed by atoms with Crippen molar-refractivity contribution in [2.24, 2.45) is 0 Å². The van der Waals surface area contributed by atoms with Crippen molar-refractivity contribution in [3.63, 3.8) is 0 Å². The Kier molecular flexibility index (Phi) is 5.37. The Balaban J connectivity index is 1.70. The van der Waals surface area contributed by atoms with Gasteiger partial charge in [0.1, 0.15) is 11.3 Å². The van der Waals surface area contributed by atoms with Crippen LogP contribution >= 0.6 is 0 Å². The first-order valence-electron chi connectivity index (χ1n) is 8.49. The first-order chi connectivity index (χ1) is 12.6. The molecular weight excluding hydrogens is 330 g/mol. The lowest BCUT2D eigenvalue weighted by molar-refractivity contribution is -0.121. The molecule has 0 fully saturated rings. The zero-order valence-corrected chi connectivity index (χ0v) is 14.9. The molecule has 0 saturated carbocycles. The molecule has 3 rings (SSSR count). The normalized spacial score (nSPS) is 10.7. The molecule has 0 saturated heterocycles. The van der Waals surface area contributed by atoms with Gasteiger partial charge in [-0.3, -0.25) is 4.79 Å². The minimum atomic E-state index is -0.404. The minimum absolute atomic E-state index is 0.0949. The molecule has 1 amide bonds. The SMILES string of the molecule is COc1ccc2c(C)c(CCC(=O)NCc3ccccc3)c(=O)oc2c1. The number of hydrogen-bond acceptors (Lipinski definition) is 4. The highest BCUT2D eigenvalue weighted by Gasteiger charge is 2.13. The van der Waals surface area contributed by atoms with Crippen LogP contribution in [0.4, 0.5) is 0 Å². The van der Waals surface area contributed by atoms with Crippen LogP contribution in [-0.2, 0) is 17.8 Å². The van der Waals surface area contributed by atoms with E-state index in [1.807, 2.05) is 49.4 Å². The molecule has 0 radical (unpaired) electrons. The Bertz CT molecular complexity index is 976. The standard InChI is InChI=1S/C21H21NO4/c1-14-17-9-8-16(25-2)12-19(17)26-21(24)18(14)10-11-20(23)22-13-15-6-4-3-5-7-15/h3-9,12H,10-11,13H2,1-2H3,(H,22,23). The molecule has 0 unspecified atom stereocenters. The summed E-state index contributed by atoms with van der Waals surface area (Å²) in [6.45, 7) is 2.35. The van der Waals surface area contributed by atoms with Crippen molar-refractivity contribution in [1.29, 1.82) is 0 Å². The van der Waals surface area contributed by atoms with Crippen LogP contribution in [0.2, 0.25) is 0 Å². The third kappa shape index (κ3) is 3.94. The largest absolute Gasteiger partial charge is 0.497 e. The first kappa shape index (κ1) is 17.7. The summed E-state index contributed by atoms with van der Waals surface area (Å²) < 4.78 is 10.6. The van der Waals surface area contributed by atoms with Gasteiger partial charge >= 0.3 is 5.63 Å². The van der Waals surface area contributed by atoms with Crippen molar-refractivity contribution < 1.29 is 13.9 Å². The molecule has 1 heterocycles. The van der Waals surface area contributed by atoms with Gasteiger partial charge in [0.25, 0.3) is 0 Å². The second kappa shape index (κ2) is 7.87. The van der Waals surface area contributed by atoms with Crippen molar-refractivity contribution in [1.82, 2.24) is 5.32 Å². The van der Waals surface area contributed by atoms with Gasteiger partial charge in [-0.25, -0.2) is 4.79 Å². The van der Waals surface area contributed by atoms with E-state index in [0.717, 1.165) is 16.5 Å².